The molecule has 1 aromatic carbocycles. The van der Waals surface area contributed by atoms with Crippen LogP contribution >= 0.6 is 23.1 Å². The van der Waals surface area contributed by atoms with E-state index in [0.717, 1.165) is 41.6 Å². The number of nitrogens with zero attached hydrogens (tertiary/aromatic N) is 2. The molecule has 4 rings (SSSR count). The van der Waals surface area contributed by atoms with Crippen LogP contribution in [0.3, 0.4) is 0 Å². The van der Waals surface area contributed by atoms with E-state index in [1.807, 2.05) is 0 Å². The molecule has 0 spiro atoms. The van der Waals surface area contributed by atoms with Gasteiger partial charge in [-0.1, -0.05) is 17.8 Å². The van der Waals surface area contributed by atoms with E-state index in [1.165, 1.54) is 22.7 Å². The Balaban J connectivity index is 1.59. The smallest absolute Gasteiger partial charge is 0.263 e. The maximum Gasteiger partial charge on any atom is 0.263 e. The summed E-state index contributed by atoms with van der Waals surface area (Å²) in [4.78, 5) is 32.5. The lowest BCUT2D eigenvalue weighted by Crippen LogP contribution is -2.26. The van der Waals surface area contributed by atoms with E-state index in [0.29, 0.717) is 23.7 Å². The Morgan fingerprint density at radius 1 is 1.35 bits per heavy atom. The monoisotopic (exact) mass is 461 g/mol. The Kier molecular flexibility index (Phi) is 6.74. The van der Waals surface area contributed by atoms with Gasteiger partial charge >= 0.3 is 0 Å². The van der Waals surface area contributed by atoms with Gasteiger partial charge in [0.2, 0.25) is 5.91 Å². The number of amides is 1. The zero-order valence-electron chi connectivity index (χ0n) is 17.5. The highest BCUT2D eigenvalue weighted by atomic mass is 32.2. The summed E-state index contributed by atoms with van der Waals surface area (Å²) < 4.78 is 20.8. The topological polar surface area (TPSA) is 73.2 Å². The maximum atomic E-state index is 14.0. The number of carbonyl (C=O) groups is 1. The van der Waals surface area contributed by atoms with Gasteiger partial charge in [0, 0.05) is 12.0 Å². The summed E-state index contributed by atoms with van der Waals surface area (Å²) >= 11 is 2.76. The molecule has 1 aliphatic carbocycles. The first-order chi connectivity index (χ1) is 15.0. The van der Waals surface area contributed by atoms with E-state index < -0.39 is 5.82 Å². The lowest BCUT2D eigenvalue weighted by atomic mass is 9.97. The first-order valence-electron chi connectivity index (χ1n) is 10.2. The van der Waals surface area contributed by atoms with Crippen LogP contribution in [-0.4, -0.2) is 34.9 Å². The second-order valence-corrected chi connectivity index (χ2v) is 9.58. The third-order valence-electron chi connectivity index (χ3n) is 5.29. The molecule has 1 amide bonds. The number of hydrogen-bond donors (Lipinski definition) is 1. The van der Waals surface area contributed by atoms with Crippen LogP contribution in [0.1, 0.15) is 28.8 Å². The molecule has 1 N–H and O–H groups in total. The Morgan fingerprint density at radius 3 is 2.94 bits per heavy atom. The van der Waals surface area contributed by atoms with Crippen molar-refractivity contribution in [3.05, 3.63) is 50.4 Å². The van der Waals surface area contributed by atoms with Crippen molar-refractivity contribution in [2.75, 3.05) is 24.8 Å². The summed E-state index contributed by atoms with van der Waals surface area (Å²) in [6.07, 6.45) is 4.12. The van der Waals surface area contributed by atoms with E-state index in [9.17, 15) is 14.0 Å². The number of thiophene rings is 1. The Morgan fingerprint density at radius 2 is 2.16 bits per heavy atom. The molecule has 0 radical (unpaired) electrons. The quantitative estimate of drug-likeness (QED) is 0.423. The minimum atomic E-state index is -0.473. The fourth-order valence-electron chi connectivity index (χ4n) is 3.75. The number of benzene rings is 1. The highest BCUT2D eigenvalue weighted by molar-refractivity contribution is 7.99. The predicted octanol–water partition coefficient (Wildman–Crippen LogP) is 4.16. The minimum absolute atomic E-state index is 0.0172. The number of thioether (sulfide) groups is 1. The number of anilines is 1. The molecule has 6 nitrogen and oxygen atoms in total. The van der Waals surface area contributed by atoms with Gasteiger partial charge < -0.3 is 10.1 Å². The molecule has 2 heterocycles. The van der Waals surface area contributed by atoms with Crippen LogP contribution in [0.5, 0.6) is 0 Å². The summed E-state index contributed by atoms with van der Waals surface area (Å²) in [5.41, 5.74) is 1.98. The zero-order valence-corrected chi connectivity index (χ0v) is 19.1. The molecular formula is C22H24FN3O3S2. The van der Waals surface area contributed by atoms with Crippen molar-refractivity contribution < 1.29 is 13.9 Å². The average molecular weight is 462 g/mol. The van der Waals surface area contributed by atoms with Gasteiger partial charge in [0.15, 0.2) is 5.16 Å². The SMILES string of the molecule is COCCn1c(SCC(=O)Nc2ccc(C)cc2F)nc2sc3c(c2c1=O)CCCC3. The van der Waals surface area contributed by atoms with Gasteiger partial charge in [-0.05, 0) is 55.9 Å². The molecule has 164 valence electrons. The van der Waals surface area contributed by atoms with Crippen LogP contribution in [0.15, 0.2) is 28.2 Å². The molecule has 31 heavy (non-hydrogen) atoms. The fraction of sp³-hybridized carbons (Fsp3) is 0.409. The minimum Gasteiger partial charge on any atom is -0.383 e. The summed E-state index contributed by atoms with van der Waals surface area (Å²) in [6.45, 7) is 2.52. The summed E-state index contributed by atoms with van der Waals surface area (Å²) in [5.74, 6) is -0.812. The summed E-state index contributed by atoms with van der Waals surface area (Å²) in [6, 6.07) is 4.66. The number of nitrogens with one attached hydrogen (secondary N) is 1. The summed E-state index contributed by atoms with van der Waals surface area (Å²) in [7, 11) is 1.58. The molecule has 0 atom stereocenters. The number of aryl methyl sites for hydroxylation is 3. The largest absolute Gasteiger partial charge is 0.383 e. The van der Waals surface area contributed by atoms with E-state index in [-0.39, 0.29) is 22.9 Å². The van der Waals surface area contributed by atoms with Gasteiger partial charge in [-0.3, -0.25) is 14.2 Å². The second-order valence-electron chi connectivity index (χ2n) is 7.56. The number of aromatic nitrogens is 2. The Labute approximate surface area is 187 Å². The second kappa shape index (κ2) is 9.50. The van der Waals surface area contributed by atoms with Crippen molar-refractivity contribution in [1.82, 2.24) is 9.55 Å². The normalized spacial score (nSPS) is 13.4. The van der Waals surface area contributed by atoms with Crippen LogP contribution in [0.2, 0.25) is 0 Å². The van der Waals surface area contributed by atoms with Crippen molar-refractivity contribution in [2.24, 2.45) is 0 Å². The lowest BCUT2D eigenvalue weighted by Gasteiger charge is -2.13. The maximum absolute atomic E-state index is 14.0. The molecule has 9 heteroatoms. The van der Waals surface area contributed by atoms with Crippen molar-refractivity contribution in [1.29, 1.82) is 0 Å². The number of carbonyl (C=O) groups excluding carboxylic acids is 1. The van der Waals surface area contributed by atoms with Gasteiger partial charge in [0.25, 0.3) is 5.56 Å². The zero-order chi connectivity index (χ0) is 22.0. The van der Waals surface area contributed by atoms with Crippen molar-refractivity contribution in [2.45, 2.75) is 44.3 Å². The van der Waals surface area contributed by atoms with Crippen LogP contribution in [-0.2, 0) is 28.9 Å². The highest BCUT2D eigenvalue weighted by Crippen LogP contribution is 2.34. The number of fused-ring (bicyclic) bond motifs is 3. The van der Waals surface area contributed by atoms with Crippen molar-refractivity contribution >= 4 is 44.9 Å². The molecular weight excluding hydrogens is 437 g/mol. The van der Waals surface area contributed by atoms with Crippen LogP contribution in [0.4, 0.5) is 10.1 Å². The molecule has 0 bridgehead atoms. The number of hydrogen-bond acceptors (Lipinski definition) is 6. The molecule has 3 aromatic rings. The van der Waals surface area contributed by atoms with E-state index in [2.05, 4.69) is 5.32 Å². The predicted molar refractivity (Wildman–Crippen MR) is 123 cm³/mol. The summed E-state index contributed by atoms with van der Waals surface area (Å²) in [5, 5.41) is 3.78. The fourth-order valence-corrected chi connectivity index (χ4v) is 5.88. The Hall–Kier alpha value is -2.23. The first-order valence-corrected chi connectivity index (χ1v) is 12.0. The third kappa shape index (κ3) is 4.68. The average Bonchev–Trinajstić information content (AvgIpc) is 3.12. The van der Waals surface area contributed by atoms with Gasteiger partial charge in [-0.15, -0.1) is 11.3 Å². The number of halogens is 1. The van der Waals surface area contributed by atoms with Crippen molar-refractivity contribution in [3.8, 4) is 0 Å². The van der Waals surface area contributed by atoms with Crippen LogP contribution in [0, 0.1) is 12.7 Å². The number of rotatable bonds is 7. The lowest BCUT2D eigenvalue weighted by molar-refractivity contribution is -0.113. The van der Waals surface area contributed by atoms with E-state index >= 15 is 0 Å². The van der Waals surface area contributed by atoms with E-state index in [1.54, 1.807) is 42.1 Å². The molecule has 0 saturated carbocycles. The van der Waals surface area contributed by atoms with Gasteiger partial charge in [0.1, 0.15) is 10.6 Å². The van der Waals surface area contributed by atoms with Crippen molar-refractivity contribution in [3.63, 3.8) is 0 Å². The van der Waals surface area contributed by atoms with Gasteiger partial charge in [-0.25, -0.2) is 9.37 Å². The molecule has 0 aliphatic heterocycles. The molecule has 0 saturated heterocycles. The number of ether oxygens (including phenoxy) is 1. The molecule has 2 aromatic heterocycles. The third-order valence-corrected chi connectivity index (χ3v) is 7.45. The molecule has 0 unspecified atom stereocenters. The van der Waals surface area contributed by atoms with Crippen LogP contribution in [0.25, 0.3) is 10.2 Å². The Bertz CT molecular complexity index is 1190. The highest BCUT2D eigenvalue weighted by Gasteiger charge is 2.22. The first kappa shape index (κ1) is 22.0. The van der Waals surface area contributed by atoms with Gasteiger partial charge in [-0.2, -0.15) is 0 Å². The molecule has 1 aliphatic rings. The van der Waals surface area contributed by atoms with Gasteiger partial charge in [0.05, 0.1) is 30.0 Å². The molecule has 0 fully saturated rings. The standard InChI is InChI=1S/C22H24FN3O3S2/c1-13-7-8-16(15(23)11-13)24-18(27)12-30-22-25-20-19(21(28)26(22)9-10-29-2)14-5-3-4-6-17(14)31-20/h7-8,11H,3-6,9-10,12H2,1-2H3,(H,24,27). The van der Waals surface area contributed by atoms with E-state index in [4.69, 9.17) is 9.72 Å². The number of methoxy groups -OCH3 is 1. The van der Waals surface area contributed by atoms with Crippen LogP contribution < -0.4 is 10.9 Å².